The molecule has 0 aromatic carbocycles. The van der Waals surface area contributed by atoms with E-state index in [9.17, 15) is 9.59 Å². The maximum absolute atomic E-state index is 10.8. The van der Waals surface area contributed by atoms with E-state index in [-0.39, 0.29) is 24.6 Å². The van der Waals surface area contributed by atoms with Gasteiger partial charge in [0.2, 0.25) is 0 Å². The molecule has 0 fully saturated rings. The highest BCUT2D eigenvalue weighted by Crippen LogP contribution is 2.12. The number of alkyl halides is 1. The second kappa shape index (κ2) is 7.90. The van der Waals surface area contributed by atoms with Crippen LogP contribution in [0.25, 0.3) is 0 Å². The van der Waals surface area contributed by atoms with Gasteiger partial charge in [-0.2, -0.15) is 0 Å². The van der Waals surface area contributed by atoms with E-state index in [1.807, 2.05) is 0 Å². The Hall–Kier alpha value is -0.330. The van der Waals surface area contributed by atoms with E-state index in [2.05, 4.69) is 29.5 Å². The van der Waals surface area contributed by atoms with Crippen molar-refractivity contribution >= 4 is 34.5 Å². The van der Waals surface area contributed by atoms with Gasteiger partial charge in [-0.05, 0) is 12.8 Å². The highest BCUT2D eigenvalue weighted by atomic mass is 127. The SMILES string of the molecule is CC(=O)OC[C@H](CC[C@@H](C)I)OC(C)=O. The van der Waals surface area contributed by atoms with Crippen LogP contribution in [0.15, 0.2) is 0 Å². The lowest BCUT2D eigenvalue weighted by Gasteiger charge is -2.17. The second-order valence-corrected chi connectivity index (χ2v) is 5.52. The maximum Gasteiger partial charge on any atom is 0.303 e. The Morgan fingerprint density at radius 1 is 1.20 bits per heavy atom. The Morgan fingerprint density at radius 3 is 2.20 bits per heavy atom. The van der Waals surface area contributed by atoms with E-state index < -0.39 is 0 Å². The summed E-state index contributed by atoms with van der Waals surface area (Å²) in [6.45, 7) is 4.93. The highest BCUT2D eigenvalue weighted by molar-refractivity contribution is 14.1. The van der Waals surface area contributed by atoms with E-state index in [1.54, 1.807) is 0 Å². The lowest BCUT2D eigenvalue weighted by molar-refractivity contribution is -0.156. The molecule has 5 heteroatoms. The summed E-state index contributed by atoms with van der Waals surface area (Å²) >= 11 is 2.30. The Balaban J connectivity index is 3.94. The van der Waals surface area contributed by atoms with Crippen LogP contribution < -0.4 is 0 Å². The Bertz CT molecular complexity index is 215. The molecule has 0 spiro atoms. The lowest BCUT2D eigenvalue weighted by atomic mass is 10.2. The van der Waals surface area contributed by atoms with Gasteiger partial charge >= 0.3 is 11.9 Å². The average Bonchev–Trinajstić information content (AvgIpc) is 2.08. The first-order chi connectivity index (χ1) is 6.91. The molecule has 0 radical (unpaired) electrons. The number of carbonyl (C=O) groups is 2. The van der Waals surface area contributed by atoms with Gasteiger partial charge in [-0.15, -0.1) is 0 Å². The summed E-state index contributed by atoms with van der Waals surface area (Å²) in [6.07, 6.45) is 1.33. The van der Waals surface area contributed by atoms with Crippen molar-refractivity contribution in [2.75, 3.05) is 6.61 Å². The van der Waals surface area contributed by atoms with E-state index in [4.69, 9.17) is 9.47 Å². The molecule has 0 amide bonds. The molecule has 0 aromatic heterocycles. The fourth-order valence-electron chi connectivity index (χ4n) is 1.04. The van der Waals surface area contributed by atoms with E-state index in [0.29, 0.717) is 3.92 Å². The molecule has 0 unspecified atom stereocenters. The van der Waals surface area contributed by atoms with Gasteiger partial charge in [-0.25, -0.2) is 0 Å². The summed E-state index contributed by atoms with van der Waals surface area (Å²) in [6, 6.07) is 0. The van der Waals surface area contributed by atoms with Crippen molar-refractivity contribution in [1.29, 1.82) is 0 Å². The molecule has 2 atom stereocenters. The van der Waals surface area contributed by atoms with E-state index >= 15 is 0 Å². The number of halogens is 1. The molecule has 0 saturated carbocycles. The molecule has 88 valence electrons. The monoisotopic (exact) mass is 328 g/mol. The Labute approximate surface area is 104 Å². The standard InChI is InChI=1S/C10H17IO4/c1-7(11)4-5-10(15-9(3)13)6-14-8(2)12/h7,10H,4-6H2,1-3H3/t7-,10+/m1/s1. The molecule has 4 nitrogen and oxygen atoms in total. The fraction of sp³-hybridized carbons (Fsp3) is 0.800. The summed E-state index contributed by atoms with van der Waals surface area (Å²) < 4.78 is 10.4. The molecule has 15 heavy (non-hydrogen) atoms. The summed E-state index contributed by atoms with van der Waals surface area (Å²) in [7, 11) is 0. The van der Waals surface area contributed by atoms with Crippen LogP contribution in [0.2, 0.25) is 0 Å². The van der Waals surface area contributed by atoms with Gasteiger partial charge < -0.3 is 9.47 Å². The number of ether oxygens (including phenoxy) is 2. The van der Waals surface area contributed by atoms with Crippen LogP contribution in [0, 0.1) is 0 Å². The first-order valence-electron chi connectivity index (χ1n) is 4.86. The van der Waals surface area contributed by atoms with Gasteiger partial charge in [0.1, 0.15) is 12.7 Å². The predicted octanol–water partition coefficient (Wildman–Crippen LogP) is 2.08. The van der Waals surface area contributed by atoms with Crippen LogP contribution in [-0.2, 0) is 19.1 Å². The average molecular weight is 328 g/mol. The lowest BCUT2D eigenvalue weighted by Crippen LogP contribution is -2.24. The fourth-order valence-corrected chi connectivity index (χ4v) is 1.40. The first-order valence-corrected chi connectivity index (χ1v) is 6.11. The molecule has 0 saturated heterocycles. The minimum atomic E-state index is -0.352. The number of hydrogen-bond acceptors (Lipinski definition) is 4. The molecular formula is C10H17IO4. The van der Waals surface area contributed by atoms with Crippen molar-refractivity contribution in [3.63, 3.8) is 0 Å². The van der Waals surface area contributed by atoms with Crippen LogP contribution >= 0.6 is 22.6 Å². The topological polar surface area (TPSA) is 52.6 Å². The van der Waals surface area contributed by atoms with E-state index in [0.717, 1.165) is 12.8 Å². The van der Waals surface area contributed by atoms with Gasteiger partial charge in [-0.1, -0.05) is 29.5 Å². The third-order valence-corrected chi connectivity index (χ3v) is 2.31. The largest absolute Gasteiger partial charge is 0.462 e. The van der Waals surface area contributed by atoms with Crippen LogP contribution in [0.5, 0.6) is 0 Å². The normalized spacial score (nSPS) is 14.1. The van der Waals surface area contributed by atoms with Crippen molar-refractivity contribution in [3.8, 4) is 0 Å². The molecule has 0 heterocycles. The Morgan fingerprint density at radius 2 is 1.80 bits per heavy atom. The van der Waals surface area contributed by atoms with Crippen molar-refractivity contribution in [3.05, 3.63) is 0 Å². The van der Waals surface area contributed by atoms with Gasteiger partial charge in [-0.3, -0.25) is 9.59 Å². The highest BCUT2D eigenvalue weighted by Gasteiger charge is 2.14. The second-order valence-electron chi connectivity index (χ2n) is 3.39. The molecule has 0 aliphatic rings. The molecule has 0 rings (SSSR count). The van der Waals surface area contributed by atoms with Crippen molar-refractivity contribution in [2.24, 2.45) is 0 Å². The molecule has 0 N–H and O–H groups in total. The van der Waals surface area contributed by atoms with Crippen LogP contribution in [0.3, 0.4) is 0 Å². The van der Waals surface area contributed by atoms with Gasteiger partial charge in [0.05, 0.1) is 0 Å². The minimum absolute atomic E-state index is 0.151. The smallest absolute Gasteiger partial charge is 0.303 e. The Kier molecular flexibility index (Phi) is 7.72. The molecule has 0 aliphatic heterocycles. The first kappa shape index (κ1) is 14.7. The van der Waals surface area contributed by atoms with Gasteiger partial charge in [0.15, 0.2) is 0 Å². The van der Waals surface area contributed by atoms with Crippen molar-refractivity contribution in [1.82, 2.24) is 0 Å². The van der Waals surface area contributed by atoms with Crippen LogP contribution in [-0.4, -0.2) is 28.6 Å². The van der Waals surface area contributed by atoms with Crippen molar-refractivity contribution in [2.45, 2.75) is 43.6 Å². The summed E-state index contributed by atoms with van der Waals surface area (Å²) in [5.74, 6) is -0.692. The van der Waals surface area contributed by atoms with Crippen molar-refractivity contribution < 1.29 is 19.1 Å². The molecule has 0 aliphatic carbocycles. The van der Waals surface area contributed by atoms with Crippen LogP contribution in [0.1, 0.15) is 33.6 Å². The summed E-state index contributed by atoms with van der Waals surface area (Å²) in [5.41, 5.74) is 0. The zero-order valence-electron chi connectivity index (χ0n) is 9.29. The van der Waals surface area contributed by atoms with Gasteiger partial charge in [0, 0.05) is 17.8 Å². The van der Waals surface area contributed by atoms with Gasteiger partial charge in [0.25, 0.3) is 0 Å². The molecule has 0 bridgehead atoms. The summed E-state index contributed by atoms with van der Waals surface area (Å²) in [4.78, 5) is 21.4. The number of esters is 2. The van der Waals surface area contributed by atoms with E-state index in [1.165, 1.54) is 13.8 Å². The molecular weight excluding hydrogens is 311 g/mol. The third-order valence-electron chi connectivity index (χ3n) is 1.69. The number of carbonyl (C=O) groups excluding carboxylic acids is 2. The predicted molar refractivity (Wildman–Crippen MR) is 64.9 cm³/mol. The maximum atomic E-state index is 10.8. The summed E-state index contributed by atoms with van der Waals surface area (Å²) in [5, 5.41) is 0. The third kappa shape index (κ3) is 9.96. The molecule has 0 aromatic rings. The zero-order chi connectivity index (χ0) is 11.8. The quantitative estimate of drug-likeness (QED) is 0.426. The minimum Gasteiger partial charge on any atom is -0.462 e. The zero-order valence-corrected chi connectivity index (χ0v) is 11.4. The number of rotatable bonds is 6. The number of hydrogen-bond donors (Lipinski definition) is 0. The van der Waals surface area contributed by atoms with Crippen LogP contribution in [0.4, 0.5) is 0 Å².